The number of hydrogen-bond donors (Lipinski definition) is 2. The molecule has 1 aromatic rings. The summed E-state index contributed by atoms with van der Waals surface area (Å²) in [6.45, 7) is 1.92. The normalized spacial score (nSPS) is 11.6. The lowest BCUT2D eigenvalue weighted by Crippen LogP contribution is -2.26. The Morgan fingerprint density at radius 3 is 2.73 bits per heavy atom. The van der Waals surface area contributed by atoms with Crippen molar-refractivity contribution < 1.29 is 8.42 Å². The molecule has 0 amide bonds. The van der Waals surface area contributed by atoms with Crippen LogP contribution in [0.3, 0.4) is 0 Å². The molecule has 0 bridgehead atoms. The second-order valence-corrected chi connectivity index (χ2v) is 5.23. The Hall–Kier alpha value is -0.780. The maximum atomic E-state index is 11.7. The zero-order valence-electron chi connectivity index (χ0n) is 8.33. The van der Waals surface area contributed by atoms with Gasteiger partial charge in [-0.2, -0.15) is 0 Å². The Kier molecular flexibility index (Phi) is 3.96. The fourth-order valence-corrected chi connectivity index (χ4v) is 2.67. The van der Waals surface area contributed by atoms with Crippen LogP contribution in [0, 0.1) is 6.92 Å². The van der Waals surface area contributed by atoms with Crippen LogP contribution in [0.5, 0.6) is 0 Å². The van der Waals surface area contributed by atoms with Crippen molar-refractivity contribution in [2.75, 3.05) is 18.2 Å². The molecule has 0 saturated heterocycles. The minimum Gasteiger partial charge on any atom is -0.399 e. The number of anilines is 1. The lowest BCUT2D eigenvalue weighted by molar-refractivity contribution is 0.583. The van der Waals surface area contributed by atoms with E-state index in [9.17, 15) is 8.42 Å². The van der Waals surface area contributed by atoms with Crippen LogP contribution in [-0.2, 0) is 10.0 Å². The van der Waals surface area contributed by atoms with Gasteiger partial charge in [0, 0.05) is 18.1 Å². The van der Waals surface area contributed by atoms with Gasteiger partial charge in [0.1, 0.15) is 0 Å². The van der Waals surface area contributed by atoms with Crippen molar-refractivity contribution in [2.24, 2.45) is 0 Å². The average molecular weight is 249 g/mol. The summed E-state index contributed by atoms with van der Waals surface area (Å²) < 4.78 is 25.9. The number of aryl methyl sites for hydroxylation is 1. The van der Waals surface area contributed by atoms with Crippen LogP contribution in [0.25, 0.3) is 0 Å². The van der Waals surface area contributed by atoms with Crippen molar-refractivity contribution in [3.05, 3.63) is 23.8 Å². The molecule has 4 nitrogen and oxygen atoms in total. The van der Waals surface area contributed by atoms with Gasteiger partial charge in [-0.1, -0.05) is 6.07 Å². The molecule has 15 heavy (non-hydrogen) atoms. The van der Waals surface area contributed by atoms with Gasteiger partial charge in [0.2, 0.25) is 10.0 Å². The van der Waals surface area contributed by atoms with E-state index < -0.39 is 10.0 Å². The topological polar surface area (TPSA) is 72.2 Å². The maximum absolute atomic E-state index is 11.7. The molecule has 0 unspecified atom stereocenters. The molecule has 0 atom stereocenters. The van der Waals surface area contributed by atoms with Crippen molar-refractivity contribution in [3.8, 4) is 0 Å². The number of nitrogen functional groups attached to an aromatic ring is 1. The molecule has 0 radical (unpaired) electrons. The van der Waals surface area contributed by atoms with E-state index in [2.05, 4.69) is 4.72 Å². The third-order valence-electron chi connectivity index (χ3n) is 1.89. The Morgan fingerprint density at radius 1 is 1.47 bits per heavy atom. The zero-order chi connectivity index (χ0) is 11.5. The van der Waals surface area contributed by atoms with Crippen LogP contribution in [0.15, 0.2) is 23.1 Å². The number of sulfonamides is 1. The molecule has 0 aliphatic carbocycles. The minimum atomic E-state index is -3.49. The van der Waals surface area contributed by atoms with E-state index in [1.807, 2.05) is 0 Å². The summed E-state index contributed by atoms with van der Waals surface area (Å²) >= 11 is 5.41. The molecule has 1 rings (SSSR count). The highest BCUT2D eigenvalue weighted by atomic mass is 35.5. The summed E-state index contributed by atoms with van der Waals surface area (Å²) in [4.78, 5) is 0.201. The fraction of sp³-hybridized carbons (Fsp3) is 0.333. The number of hydrogen-bond acceptors (Lipinski definition) is 3. The molecular weight excluding hydrogens is 236 g/mol. The first-order chi connectivity index (χ1) is 6.97. The predicted octanol–water partition coefficient (Wildman–Crippen LogP) is 1.09. The van der Waals surface area contributed by atoms with Gasteiger partial charge in [-0.3, -0.25) is 0 Å². The Labute approximate surface area is 94.5 Å². The first kappa shape index (κ1) is 12.3. The summed E-state index contributed by atoms with van der Waals surface area (Å²) in [5.41, 5.74) is 6.62. The first-order valence-corrected chi connectivity index (χ1v) is 6.41. The van der Waals surface area contributed by atoms with E-state index >= 15 is 0 Å². The van der Waals surface area contributed by atoms with Gasteiger partial charge in [0.15, 0.2) is 0 Å². The molecule has 0 heterocycles. The van der Waals surface area contributed by atoms with E-state index in [1.54, 1.807) is 19.1 Å². The number of benzene rings is 1. The molecule has 0 fully saturated rings. The van der Waals surface area contributed by atoms with Crippen LogP contribution in [0.4, 0.5) is 5.69 Å². The monoisotopic (exact) mass is 248 g/mol. The lowest BCUT2D eigenvalue weighted by atomic mass is 10.2. The van der Waals surface area contributed by atoms with Gasteiger partial charge in [-0.15, -0.1) is 11.6 Å². The second-order valence-electron chi connectivity index (χ2n) is 3.11. The Bertz CT molecular complexity index is 445. The molecular formula is C9H13ClN2O2S. The number of halogens is 1. The average Bonchev–Trinajstić information content (AvgIpc) is 2.18. The van der Waals surface area contributed by atoms with Gasteiger partial charge in [-0.25, -0.2) is 13.1 Å². The number of rotatable bonds is 4. The highest BCUT2D eigenvalue weighted by Crippen LogP contribution is 2.17. The molecule has 3 N–H and O–H groups in total. The van der Waals surface area contributed by atoms with E-state index in [0.29, 0.717) is 11.3 Å². The van der Waals surface area contributed by atoms with Crippen molar-refractivity contribution in [1.29, 1.82) is 0 Å². The lowest BCUT2D eigenvalue weighted by Gasteiger charge is -2.08. The fourth-order valence-electron chi connectivity index (χ4n) is 1.16. The molecule has 0 aliphatic heterocycles. The Balaban J connectivity index is 3.09. The summed E-state index contributed by atoms with van der Waals surface area (Å²) in [7, 11) is -3.49. The highest BCUT2D eigenvalue weighted by Gasteiger charge is 2.15. The zero-order valence-corrected chi connectivity index (χ0v) is 9.90. The second kappa shape index (κ2) is 4.83. The van der Waals surface area contributed by atoms with E-state index in [4.69, 9.17) is 17.3 Å². The van der Waals surface area contributed by atoms with E-state index in [-0.39, 0.29) is 17.3 Å². The summed E-state index contributed by atoms with van der Waals surface area (Å²) in [5, 5.41) is 0. The third-order valence-corrected chi connectivity index (χ3v) is 3.68. The molecule has 1 aromatic carbocycles. The van der Waals surface area contributed by atoms with Gasteiger partial charge in [-0.05, 0) is 24.6 Å². The molecule has 0 aromatic heterocycles. The van der Waals surface area contributed by atoms with Crippen LogP contribution in [0.2, 0.25) is 0 Å². The molecule has 0 saturated carbocycles. The summed E-state index contributed by atoms with van der Waals surface area (Å²) in [6, 6.07) is 4.77. The molecule has 0 spiro atoms. The largest absolute Gasteiger partial charge is 0.399 e. The quantitative estimate of drug-likeness (QED) is 0.619. The summed E-state index contributed by atoms with van der Waals surface area (Å²) in [6.07, 6.45) is 0. The van der Waals surface area contributed by atoms with Crippen molar-refractivity contribution in [1.82, 2.24) is 4.72 Å². The smallest absolute Gasteiger partial charge is 0.240 e. The minimum absolute atomic E-state index is 0.201. The van der Waals surface area contributed by atoms with Gasteiger partial charge >= 0.3 is 0 Å². The van der Waals surface area contributed by atoms with Crippen LogP contribution < -0.4 is 10.5 Å². The van der Waals surface area contributed by atoms with Gasteiger partial charge in [0.05, 0.1) is 4.90 Å². The van der Waals surface area contributed by atoms with Crippen LogP contribution >= 0.6 is 11.6 Å². The molecule has 84 valence electrons. The highest BCUT2D eigenvalue weighted by molar-refractivity contribution is 7.89. The van der Waals surface area contributed by atoms with E-state index in [1.165, 1.54) is 6.07 Å². The predicted molar refractivity (Wildman–Crippen MR) is 61.5 cm³/mol. The summed E-state index contributed by atoms with van der Waals surface area (Å²) in [5.74, 6) is 0.237. The van der Waals surface area contributed by atoms with Crippen molar-refractivity contribution in [2.45, 2.75) is 11.8 Å². The number of nitrogens with two attached hydrogens (primary N) is 1. The van der Waals surface area contributed by atoms with Gasteiger partial charge in [0.25, 0.3) is 0 Å². The molecule has 0 aliphatic rings. The van der Waals surface area contributed by atoms with Crippen LogP contribution in [-0.4, -0.2) is 20.8 Å². The standard InChI is InChI=1S/C9H13ClN2O2S/c1-7-2-3-8(11)6-9(7)15(13,14)12-5-4-10/h2-3,6,12H,4-5,11H2,1H3. The molecule has 6 heteroatoms. The third kappa shape index (κ3) is 3.09. The first-order valence-electron chi connectivity index (χ1n) is 4.39. The van der Waals surface area contributed by atoms with Crippen LogP contribution in [0.1, 0.15) is 5.56 Å². The van der Waals surface area contributed by atoms with Gasteiger partial charge < -0.3 is 5.73 Å². The number of nitrogens with one attached hydrogen (secondary N) is 1. The maximum Gasteiger partial charge on any atom is 0.240 e. The van der Waals surface area contributed by atoms with E-state index in [0.717, 1.165) is 0 Å². The van der Waals surface area contributed by atoms with Crippen molar-refractivity contribution >= 4 is 27.3 Å². The SMILES string of the molecule is Cc1ccc(N)cc1S(=O)(=O)NCCCl. The number of alkyl halides is 1. The van der Waals surface area contributed by atoms with Crippen molar-refractivity contribution in [3.63, 3.8) is 0 Å². The Morgan fingerprint density at radius 2 is 2.13 bits per heavy atom.